The maximum absolute atomic E-state index is 12.0. The number of H-pyrrole nitrogens is 3. The molecular formula is C14H15BrN5O7P. The molecule has 0 saturated carbocycles. The molecule has 5 N–H and O–H groups in total. The number of aromatic amines is 3. The van der Waals surface area contributed by atoms with Crippen molar-refractivity contribution in [1.82, 2.24) is 20.4 Å². The highest BCUT2D eigenvalue weighted by Crippen LogP contribution is 2.44. The fourth-order valence-electron chi connectivity index (χ4n) is 2.45. The van der Waals surface area contributed by atoms with E-state index in [0.717, 1.165) is 12.1 Å². The van der Waals surface area contributed by atoms with Crippen LogP contribution in [-0.4, -0.2) is 24.8 Å². The predicted octanol–water partition coefficient (Wildman–Crippen LogP) is 1.44. The molecule has 12 nitrogen and oxygen atoms in total. The second kappa shape index (κ2) is 8.63. The number of hydroxylamine groups is 1. The second-order valence-electron chi connectivity index (χ2n) is 5.60. The van der Waals surface area contributed by atoms with Gasteiger partial charge in [-0.05, 0) is 12.1 Å². The van der Waals surface area contributed by atoms with Gasteiger partial charge < -0.3 is 19.8 Å². The molecule has 0 spiro atoms. The van der Waals surface area contributed by atoms with Crippen molar-refractivity contribution in [3.05, 3.63) is 72.5 Å². The number of nitro benzene ring substituents is 1. The van der Waals surface area contributed by atoms with E-state index in [1.54, 1.807) is 18.3 Å². The molecule has 0 amide bonds. The van der Waals surface area contributed by atoms with Crippen molar-refractivity contribution in [2.24, 2.45) is 0 Å². The molecule has 3 rings (SSSR count). The zero-order valence-corrected chi connectivity index (χ0v) is 16.6. The van der Waals surface area contributed by atoms with Gasteiger partial charge in [0.15, 0.2) is 0 Å². The van der Waals surface area contributed by atoms with Crippen molar-refractivity contribution in [1.29, 1.82) is 0 Å². The average molecular weight is 476 g/mol. The number of rotatable bonds is 7. The number of halogens is 1. The number of aromatic nitrogens is 3. The lowest BCUT2D eigenvalue weighted by Gasteiger charge is -2.12. The summed E-state index contributed by atoms with van der Waals surface area (Å²) >= 11 is 0. The Labute approximate surface area is 166 Å². The van der Waals surface area contributed by atoms with Crippen LogP contribution in [0.15, 0.2) is 40.1 Å². The van der Waals surface area contributed by atoms with E-state index in [1.165, 1.54) is 0 Å². The highest BCUT2D eigenvalue weighted by Gasteiger charge is 2.22. The van der Waals surface area contributed by atoms with Crippen molar-refractivity contribution >= 4 is 41.3 Å². The molecule has 28 heavy (non-hydrogen) atoms. The Morgan fingerprint density at radius 3 is 2.61 bits per heavy atom. The minimum Gasteiger partial charge on any atom is -0.364 e. The molecule has 14 heteroatoms. The maximum atomic E-state index is 12.0. The lowest BCUT2D eigenvalue weighted by molar-refractivity contribution is -0.384. The topological polar surface area (TPSA) is 183 Å². The fraction of sp³-hybridized carbons (Fsp3) is 0.143. The van der Waals surface area contributed by atoms with E-state index >= 15 is 0 Å². The first-order valence-corrected chi connectivity index (χ1v) is 9.30. The minimum atomic E-state index is -4.03. The molecule has 0 aliphatic rings. The largest absolute Gasteiger partial charge is 0.364 e. The third-order valence-corrected chi connectivity index (χ3v) is 4.77. The smallest absolute Gasteiger partial charge is 0.350 e. The van der Waals surface area contributed by atoms with E-state index in [2.05, 4.69) is 20.4 Å². The molecule has 1 atom stereocenters. The molecule has 1 aromatic carbocycles. The van der Waals surface area contributed by atoms with E-state index in [-0.39, 0.29) is 52.0 Å². The molecule has 0 aliphatic heterocycles. The molecule has 2 aromatic heterocycles. The third-order valence-electron chi connectivity index (χ3n) is 3.61. The van der Waals surface area contributed by atoms with Gasteiger partial charge in [0.1, 0.15) is 0 Å². The van der Waals surface area contributed by atoms with Crippen LogP contribution in [0.1, 0.15) is 11.3 Å². The van der Waals surface area contributed by atoms with Crippen LogP contribution >= 0.6 is 24.6 Å². The van der Waals surface area contributed by atoms with Gasteiger partial charge in [0.05, 0.1) is 22.1 Å². The van der Waals surface area contributed by atoms with E-state index in [1.807, 2.05) is 0 Å². The standard InChI is InChI=1S/C14H14N5O7P.BrH/c20-13-14(21)18-12-8(4-10(19(22)23)5-11(12)17-13)6-16-26-27(24,25)7-9-2-1-3-15-9;/h1-5,15-16H,6-7H2,(H,17,20)(H,18,21)(H,24,25);1H. The monoisotopic (exact) mass is 475 g/mol. The number of nitro groups is 1. The first-order chi connectivity index (χ1) is 12.7. The van der Waals surface area contributed by atoms with Gasteiger partial charge in [-0.25, -0.2) is 4.62 Å². The summed E-state index contributed by atoms with van der Waals surface area (Å²) in [7, 11) is -4.03. The van der Waals surface area contributed by atoms with Crippen LogP contribution in [-0.2, 0) is 21.9 Å². The molecule has 0 fully saturated rings. The van der Waals surface area contributed by atoms with E-state index in [4.69, 9.17) is 4.62 Å². The zero-order chi connectivity index (χ0) is 19.6. The fourth-order valence-corrected chi connectivity index (χ4v) is 3.41. The SMILES string of the molecule is Br.O=c1[nH]c2cc([N+](=O)[O-])cc(CNOP(=O)(O)Cc3ccc[nH]3)c2[nH]c1=O. The first kappa shape index (κ1) is 21.7. The summed E-state index contributed by atoms with van der Waals surface area (Å²) in [5.41, 5.74) is 0.925. The average Bonchev–Trinajstić information content (AvgIpc) is 3.08. The van der Waals surface area contributed by atoms with Crippen molar-refractivity contribution in [2.45, 2.75) is 12.7 Å². The van der Waals surface area contributed by atoms with E-state index in [9.17, 15) is 29.2 Å². The molecule has 0 saturated heterocycles. The molecule has 150 valence electrons. The Morgan fingerprint density at radius 1 is 1.25 bits per heavy atom. The van der Waals surface area contributed by atoms with Gasteiger partial charge in [-0.3, -0.25) is 24.3 Å². The number of fused-ring (bicyclic) bond motifs is 1. The Kier molecular flexibility index (Phi) is 6.69. The Hall–Kier alpha value is -2.57. The van der Waals surface area contributed by atoms with Crippen LogP contribution in [0.2, 0.25) is 0 Å². The van der Waals surface area contributed by atoms with E-state index in [0.29, 0.717) is 5.69 Å². The number of benzene rings is 1. The number of hydrogen-bond acceptors (Lipinski definition) is 7. The number of nitrogens with one attached hydrogen (secondary N) is 4. The number of non-ortho nitro benzene ring substituents is 1. The lowest BCUT2D eigenvalue weighted by atomic mass is 10.1. The lowest BCUT2D eigenvalue weighted by Crippen LogP contribution is -2.29. The minimum absolute atomic E-state index is 0. The predicted molar refractivity (Wildman–Crippen MR) is 104 cm³/mol. The van der Waals surface area contributed by atoms with Crippen molar-refractivity contribution in [3.8, 4) is 0 Å². The zero-order valence-electron chi connectivity index (χ0n) is 14.0. The summed E-state index contributed by atoms with van der Waals surface area (Å²) in [5, 5.41) is 11.1. The van der Waals surface area contributed by atoms with E-state index < -0.39 is 23.6 Å². The molecule has 0 bridgehead atoms. The summed E-state index contributed by atoms with van der Waals surface area (Å²) in [6.07, 6.45) is 1.32. The summed E-state index contributed by atoms with van der Waals surface area (Å²) < 4.78 is 16.9. The molecule has 0 radical (unpaired) electrons. The van der Waals surface area contributed by atoms with Crippen molar-refractivity contribution < 1.29 is 19.0 Å². The molecule has 0 aliphatic carbocycles. The third kappa shape index (κ3) is 5.03. The van der Waals surface area contributed by atoms with Gasteiger partial charge >= 0.3 is 18.7 Å². The van der Waals surface area contributed by atoms with Gasteiger partial charge in [-0.15, -0.1) is 17.0 Å². The van der Waals surface area contributed by atoms with Gasteiger partial charge in [0.2, 0.25) is 0 Å². The summed E-state index contributed by atoms with van der Waals surface area (Å²) in [6, 6.07) is 5.52. The maximum Gasteiger partial charge on any atom is 0.350 e. The van der Waals surface area contributed by atoms with Crippen LogP contribution in [0.4, 0.5) is 5.69 Å². The second-order valence-corrected chi connectivity index (χ2v) is 7.37. The van der Waals surface area contributed by atoms with Crippen LogP contribution < -0.4 is 16.6 Å². The molecule has 3 aromatic rings. The quantitative estimate of drug-likeness (QED) is 0.147. The highest BCUT2D eigenvalue weighted by molar-refractivity contribution is 8.93. The first-order valence-electron chi connectivity index (χ1n) is 7.54. The van der Waals surface area contributed by atoms with Gasteiger partial charge in [-0.1, -0.05) is 0 Å². The highest BCUT2D eigenvalue weighted by atomic mass is 79.9. The molecule has 2 heterocycles. The van der Waals surface area contributed by atoms with Crippen LogP contribution in [0, 0.1) is 10.1 Å². The van der Waals surface area contributed by atoms with Crippen LogP contribution in [0.5, 0.6) is 0 Å². The van der Waals surface area contributed by atoms with Crippen molar-refractivity contribution in [3.63, 3.8) is 0 Å². The summed E-state index contributed by atoms with van der Waals surface area (Å²) in [4.78, 5) is 50.6. The summed E-state index contributed by atoms with van der Waals surface area (Å²) in [6.45, 7) is -0.241. The molecular weight excluding hydrogens is 461 g/mol. The Bertz CT molecular complexity index is 1160. The van der Waals surface area contributed by atoms with Crippen LogP contribution in [0.25, 0.3) is 11.0 Å². The number of nitrogens with zero attached hydrogens (tertiary/aromatic N) is 1. The summed E-state index contributed by atoms with van der Waals surface area (Å²) in [5.74, 6) is 0. The normalized spacial score (nSPS) is 13.0. The van der Waals surface area contributed by atoms with Gasteiger partial charge in [0.25, 0.3) is 5.69 Å². The Morgan fingerprint density at radius 2 is 1.96 bits per heavy atom. The van der Waals surface area contributed by atoms with Gasteiger partial charge in [0, 0.05) is 36.1 Å². The van der Waals surface area contributed by atoms with Crippen LogP contribution in [0.3, 0.4) is 0 Å². The van der Waals surface area contributed by atoms with Gasteiger partial charge in [-0.2, -0.15) is 5.48 Å². The Balaban J connectivity index is 0.00000280. The molecule has 1 unspecified atom stereocenters. The number of hydrogen-bond donors (Lipinski definition) is 5. The van der Waals surface area contributed by atoms with Crippen molar-refractivity contribution in [2.75, 3.05) is 0 Å².